The van der Waals surface area contributed by atoms with E-state index in [9.17, 15) is 0 Å². The van der Waals surface area contributed by atoms with E-state index in [0.717, 1.165) is 56.0 Å². The number of rotatable bonds is 6. The highest BCUT2D eigenvalue weighted by Gasteiger charge is 2.18. The molecule has 0 unspecified atom stereocenters. The molecule has 1 aromatic rings. The van der Waals surface area contributed by atoms with Crippen LogP contribution in [0.15, 0.2) is 0 Å². The fraction of sp³-hybridized carbons (Fsp3) is 0.733. The Morgan fingerprint density at radius 2 is 2.16 bits per heavy atom. The maximum absolute atomic E-state index is 5.53. The molecule has 0 fully saturated rings. The van der Waals surface area contributed by atoms with E-state index in [1.54, 1.807) is 0 Å². The number of anilines is 1. The molecule has 0 aromatic carbocycles. The molecule has 19 heavy (non-hydrogen) atoms. The first-order valence-corrected chi connectivity index (χ1v) is 7.41. The van der Waals surface area contributed by atoms with Gasteiger partial charge in [0.25, 0.3) is 0 Å². The third-order valence-corrected chi connectivity index (χ3v) is 3.36. The van der Waals surface area contributed by atoms with Gasteiger partial charge in [-0.2, -0.15) is 0 Å². The van der Waals surface area contributed by atoms with Crippen molar-refractivity contribution in [2.75, 3.05) is 18.5 Å². The van der Waals surface area contributed by atoms with Crippen LogP contribution in [0.2, 0.25) is 0 Å². The maximum Gasteiger partial charge on any atom is 0.135 e. The topological polar surface area (TPSA) is 47.0 Å². The van der Waals surface area contributed by atoms with Crippen LogP contribution in [0.3, 0.4) is 0 Å². The number of aromatic nitrogens is 2. The molecule has 0 aliphatic carbocycles. The van der Waals surface area contributed by atoms with Gasteiger partial charge in [-0.25, -0.2) is 9.97 Å². The van der Waals surface area contributed by atoms with Crippen molar-refractivity contribution >= 4 is 5.82 Å². The van der Waals surface area contributed by atoms with Gasteiger partial charge in [0, 0.05) is 24.9 Å². The summed E-state index contributed by atoms with van der Waals surface area (Å²) >= 11 is 0. The highest BCUT2D eigenvalue weighted by Crippen LogP contribution is 2.23. The summed E-state index contributed by atoms with van der Waals surface area (Å²) < 4.78 is 5.53. The average molecular weight is 263 g/mol. The van der Waals surface area contributed by atoms with Crippen LogP contribution in [-0.2, 0) is 24.2 Å². The molecule has 1 aromatic heterocycles. The van der Waals surface area contributed by atoms with E-state index in [2.05, 4.69) is 26.1 Å². The third-order valence-electron chi connectivity index (χ3n) is 3.36. The lowest BCUT2D eigenvalue weighted by molar-refractivity contribution is 0.109. The quantitative estimate of drug-likeness (QED) is 0.857. The second kappa shape index (κ2) is 6.85. The first-order valence-electron chi connectivity index (χ1n) is 7.41. The molecule has 2 rings (SSSR count). The Labute approximate surface area is 116 Å². The van der Waals surface area contributed by atoms with Gasteiger partial charge in [-0.1, -0.05) is 20.8 Å². The molecule has 0 saturated carbocycles. The third kappa shape index (κ3) is 3.90. The Hall–Kier alpha value is -1.16. The normalized spacial score (nSPS) is 14.5. The summed E-state index contributed by atoms with van der Waals surface area (Å²) in [5.74, 6) is 2.66. The van der Waals surface area contributed by atoms with E-state index in [-0.39, 0.29) is 0 Å². The lowest BCUT2D eigenvalue weighted by Crippen LogP contribution is -2.18. The van der Waals surface area contributed by atoms with Gasteiger partial charge in [0.1, 0.15) is 11.6 Å². The Kier molecular flexibility index (Phi) is 5.14. The first kappa shape index (κ1) is 14.3. The summed E-state index contributed by atoms with van der Waals surface area (Å²) in [6.07, 6.45) is 4.11. The highest BCUT2D eigenvalue weighted by molar-refractivity contribution is 5.47. The smallest absolute Gasteiger partial charge is 0.135 e. The minimum Gasteiger partial charge on any atom is -0.376 e. The van der Waals surface area contributed by atoms with Crippen LogP contribution in [0.4, 0.5) is 5.82 Å². The predicted molar refractivity (Wildman–Crippen MR) is 77.3 cm³/mol. The second-order valence-electron chi connectivity index (χ2n) is 5.58. The molecule has 1 N–H and O–H groups in total. The molecule has 1 aliphatic heterocycles. The summed E-state index contributed by atoms with van der Waals surface area (Å²) in [7, 11) is 0. The summed E-state index contributed by atoms with van der Waals surface area (Å²) in [6.45, 7) is 9.02. The van der Waals surface area contributed by atoms with Crippen LogP contribution in [0.5, 0.6) is 0 Å². The number of fused-ring (bicyclic) bond motifs is 1. The molecule has 0 spiro atoms. The number of hydrogen-bond acceptors (Lipinski definition) is 4. The van der Waals surface area contributed by atoms with Crippen LogP contribution in [-0.4, -0.2) is 23.1 Å². The summed E-state index contributed by atoms with van der Waals surface area (Å²) in [6, 6.07) is 0. The Bertz CT molecular complexity index is 418. The minimum atomic E-state index is 0.645. The van der Waals surface area contributed by atoms with E-state index >= 15 is 0 Å². The van der Waals surface area contributed by atoms with Crippen LogP contribution in [0.1, 0.15) is 50.7 Å². The van der Waals surface area contributed by atoms with Crippen molar-refractivity contribution in [3.8, 4) is 0 Å². The van der Waals surface area contributed by atoms with Gasteiger partial charge in [0.2, 0.25) is 0 Å². The molecule has 106 valence electrons. The van der Waals surface area contributed by atoms with Gasteiger partial charge in [0.15, 0.2) is 0 Å². The Morgan fingerprint density at radius 3 is 2.89 bits per heavy atom. The van der Waals surface area contributed by atoms with Crippen molar-refractivity contribution in [3.05, 3.63) is 17.1 Å². The Morgan fingerprint density at radius 1 is 1.32 bits per heavy atom. The van der Waals surface area contributed by atoms with Crippen molar-refractivity contribution in [2.24, 2.45) is 5.92 Å². The van der Waals surface area contributed by atoms with Gasteiger partial charge < -0.3 is 10.1 Å². The lowest BCUT2D eigenvalue weighted by atomic mass is 10.1. The summed E-state index contributed by atoms with van der Waals surface area (Å²) in [4.78, 5) is 9.42. The van der Waals surface area contributed by atoms with E-state index in [0.29, 0.717) is 12.5 Å². The van der Waals surface area contributed by atoms with Crippen molar-refractivity contribution in [2.45, 2.75) is 53.1 Å². The Balaban J connectivity index is 2.20. The first-order chi connectivity index (χ1) is 9.20. The van der Waals surface area contributed by atoms with Crippen LogP contribution < -0.4 is 5.32 Å². The molecular weight excluding hydrogens is 238 g/mol. The summed E-state index contributed by atoms with van der Waals surface area (Å²) in [5.41, 5.74) is 2.34. The fourth-order valence-corrected chi connectivity index (χ4v) is 2.20. The number of ether oxygens (including phenoxy) is 1. The average Bonchev–Trinajstić information content (AvgIpc) is 2.42. The number of hydrogen-bond donors (Lipinski definition) is 1. The van der Waals surface area contributed by atoms with Gasteiger partial charge in [-0.3, -0.25) is 0 Å². The van der Waals surface area contributed by atoms with Crippen LogP contribution in [0, 0.1) is 5.92 Å². The summed E-state index contributed by atoms with van der Waals surface area (Å²) in [5, 5.41) is 3.42. The van der Waals surface area contributed by atoms with Gasteiger partial charge in [-0.05, 0) is 18.8 Å². The van der Waals surface area contributed by atoms with Gasteiger partial charge in [0.05, 0.1) is 18.9 Å². The van der Waals surface area contributed by atoms with E-state index in [1.807, 2.05) is 0 Å². The maximum atomic E-state index is 5.53. The molecule has 0 bridgehead atoms. The largest absolute Gasteiger partial charge is 0.376 e. The van der Waals surface area contributed by atoms with Crippen LogP contribution >= 0.6 is 0 Å². The molecule has 2 heterocycles. The van der Waals surface area contributed by atoms with Gasteiger partial charge in [-0.15, -0.1) is 0 Å². The van der Waals surface area contributed by atoms with Crippen molar-refractivity contribution in [1.29, 1.82) is 0 Å². The number of aryl methyl sites for hydroxylation is 1. The molecule has 4 heteroatoms. The molecule has 0 atom stereocenters. The van der Waals surface area contributed by atoms with E-state index in [4.69, 9.17) is 14.7 Å². The zero-order valence-electron chi connectivity index (χ0n) is 12.3. The van der Waals surface area contributed by atoms with Crippen molar-refractivity contribution in [3.63, 3.8) is 0 Å². The lowest BCUT2D eigenvalue weighted by Gasteiger charge is -2.20. The molecule has 4 nitrogen and oxygen atoms in total. The molecule has 1 aliphatic rings. The number of nitrogens with one attached hydrogen (secondary N) is 1. The molecule has 0 radical (unpaired) electrons. The van der Waals surface area contributed by atoms with Crippen molar-refractivity contribution < 1.29 is 4.74 Å². The zero-order chi connectivity index (χ0) is 13.7. The number of nitrogens with zero attached hydrogens (tertiary/aromatic N) is 2. The molecule has 0 amide bonds. The zero-order valence-corrected chi connectivity index (χ0v) is 12.3. The van der Waals surface area contributed by atoms with E-state index in [1.165, 1.54) is 5.69 Å². The van der Waals surface area contributed by atoms with Gasteiger partial charge >= 0.3 is 0 Å². The fourth-order valence-electron chi connectivity index (χ4n) is 2.20. The monoisotopic (exact) mass is 263 g/mol. The SMILES string of the molecule is CCCNc1nc(CCC(C)C)nc2c1COCC2. The minimum absolute atomic E-state index is 0.645. The van der Waals surface area contributed by atoms with Crippen molar-refractivity contribution in [1.82, 2.24) is 9.97 Å². The standard InChI is InChI=1S/C15H25N3O/c1-4-8-16-15-12-10-19-9-7-13(12)17-14(18-15)6-5-11(2)3/h11H,4-10H2,1-3H3,(H,16,17,18). The van der Waals surface area contributed by atoms with E-state index < -0.39 is 0 Å². The predicted octanol–water partition coefficient (Wildman–Crippen LogP) is 2.96. The molecule has 0 saturated heterocycles. The van der Waals surface area contributed by atoms with Crippen LogP contribution in [0.25, 0.3) is 0 Å². The highest BCUT2D eigenvalue weighted by atomic mass is 16.5. The molecular formula is C15H25N3O. The second-order valence-corrected chi connectivity index (χ2v) is 5.58.